The van der Waals surface area contributed by atoms with Crippen molar-refractivity contribution in [2.75, 3.05) is 0 Å². The Morgan fingerprint density at radius 1 is 1.07 bits per heavy atom. The van der Waals surface area contributed by atoms with Crippen LogP contribution in [-0.4, -0.2) is 23.2 Å². The number of ether oxygens (including phenoxy) is 1. The van der Waals surface area contributed by atoms with Gasteiger partial charge >= 0.3 is 6.03 Å². The van der Waals surface area contributed by atoms with Crippen LogP contribution in [0.2, 0.25) is 5.02 Å². The van der Waals surface area contributed by atoms with Gasteiger partial charge in [-0.1, -0.05) is 23.7 Å². The molecule has 2 aliphatic rings. The van der Waals surface area contributed by atoms with Crippen LogP contribution in [0.5, 0.6) is 0 Å². The van der Waals surface area contributed by atoms with Crippen molar-refractivity contribution in [1.82, 2.24) is 15.6 Å². The first-order valence-corrected chi connectivity index (χ1v) is 9.77. The molecule has 6 heteroatoms. The van der Waals surface area contributed by atoms with Crippen LogP contribution in [0.3, 0.4) is 0 Å². The molecule has 0 atom stereocenters. The molecule has 0 unspecified atom stereocenters. The first kappa shape index (κ1) is 18.3. The second-order valence-corrected chi connectivity index (χ2v) is 8.19. The molecular weight excluding hydrogens is 362 g/mol. The zero-order valence-electron chi connectivity index (χ0n) is 15.2. The van der Waals surface area contributed by atoms with Crippen LogP contribution in [0.15, 0.2) is 48.8 Å². The quantitative estimate of drug-likeness (QED) is 0.788. The number of carbonyl (C=O) groups is 1. The fourth-order valence-corrected chi connectivity index (χ4v) is 4.29. The fraction of sp³-hybridized carbons (Fsp3) is 0.429. The summed E-state index contributed by atoms with van der Waals surface area (Å²) in [6.45, 7) is 1.16. The van der Waals surface area contributed by atoms with E-state index in [4.69, 9.17) is 16.3 Å². The van der Waals surface area contributed by atoms with E-state index in [1.807, 2.05) is 36.4 Å². The number of halogens is 1. The maximum atomic E-state index is 12.0. The van der Waals surface area contributed by atoms with Gasteiger partial charge in [-0.05, 0) is 66.5 Å². The van der Waals surface area contributed by atoms with E-state index in [1.54, 1.807) is 12.4 Å². The summed E-state index contributed by atoms with van der Waals surface area (Å²) in [5.41, 5.74) is 2.58. The van der Waals surface area contributed by atoms with E-state index in [0.29, 0.717) is 29.7 Å². The van der Waals surface area contributed by atoms with E-state index in [9.17, 15) is 4.79 Å². The Morgan fingerprint density at radius 3 is 2.48 bits per heavy atom. The highest BCUT2D eigenvalue weighted by atomic mass is 35.5. The highest BCUT2D eigenvalue weighted by Crippen LogP contribution is 2.56. The Balaban J connectivity index is 1.11. The zero-order valence-corrected chi connectivity index (χ0v) is 15.9. The average molecular weight is 386 g/mol. The standard InChI is InChI=1S/C21H24ClN3O2/c22-17-3-1-15(2-4-17)13-24-20(26)25-18-9-21(10-18)11-19(12-21)27-14-16-5-7-23-8-6-16/h1-8,18-19H,9-14H2,(H2,24,25,26). The van der Waals surface area contributed by atoms with Crippen molar-refractivity contribution in [3.8, 4) is 0 Å². The highest BCUT2D eigenvalue weighted by molar-refractivity contribution is 6.30. The van der Waals surface area contributed by atoms with E-state index in [-0.39, 0.29) is 12.1 Å². The van der Waals surface area contributed by atoms with Gasteiger partial charge in [0.15, 0.2) is 0 Å². The van der Waals surface area contributed by atoms with E-state index >= 15 is 0 Å². The molecule has 0 bridgehead atoms. The SMILES string of the molecule is O=C(NCc1ccc(Cl)cc1)NC1CC2(C1)CC(OCc1ccncc1)C2. The lowest BCUT2D eigenvalue weighted by molar-refractivity contribution is -0.131. The molecule has 1 aromatic heterocycles. The minimum absolute atomic E-state index is 0.102. The Morgan fingerprint density at radius 2 is 1.78 bits per heavy atom. The molecule has 2 N–H and O–H groups in total. The zero-order chi connectivity index (χ0) is 18.7. The number of urea groups is 1. The van der Waals surface area contributed by atoms with Crippen LogP contribution in [0.1, 0.15) is 36.8 Å². The Hall–Kier alpha value is -2.11. The number of hydrogen-bond donors (Lipinski definition) is 2. The monoisotopic (exact) mass is 385 g/mol. The van der Waals surface area contributed by atoms with Crippen LogP contribution in [0.4, 0.5) is 4.79 Å². The van der Waals surface area contributed by atoms with Crippen molar-refractivity contribution >= 4 is 17.6 Å². The molecule has 4 rings (SSSR count). The topological polar surface area (TPSA) is 63.2 Å². The van der Waals surface area contributed by atoms with Gasteiger partial charge in [0, 0.05) is 30.0 Å². The number of carbonyl (C=O) groups excluding carboxylic acids is 1. The van der Waals surface area contributed by atoms with Crippen LogP contribution < -0.4 is 10.6 Å². The van der Waals surface area contributed by atoms with Crippen molar-refractivity contribution in [3.05, 3.63) is 64.9 Å². The van der Waals surface area contributed by atoms with E-state index < -0.39 is 0 Å². The van der Waals surface area contributed by atoms with E-state index in [1.165, 1.54) is 0 Å². The number of aromatic nitrogens is 1. The molecule has 0 radical (unpaired) electrons. The third-order valence-corrected chi connectivity index (χ3v) is 5.87. The van der Waals surface area contributed by atoms with Crippen molar-refractivity contribution in [2.45, 2.75) is 51.0 Å². The molecule has 0 saturated heterocycles. The second kappa shape index (κ2) is 7.87. The van der Waals surface area contributed by atoms with Crippen LogP contribution in [0.25, 0.3) is 0 Å². The summed E-state index contributed by atoms with van der Waals surface area (Å²) in [6.07, 6.45) is 8.23. The highest BCUT2D eigenvalue weighted by Gasteiger charge is 2.53. The molecule has 2 aromatic rings. The minimum Gasteiger partial charge on any atom is -0.373 e. The molecule has 2 fully saturated rings. The minimum atomic E-state index is -0.102. The number of nitrogens with zero attached hydrogens (tertiary/aromatic N) is 1. The molecule has 1 heterocycles. The first-order valence-electron chi connectivity index (χ1n) is 9.40. The maximum Gasteiger partial charge on any atom is 0.315 e. The van der Waals surface area contributed by atoms with E-state index in [0.717, 1.165) is 36.8 Å². The van der Waals surface area contributed by atoms with Gasteiger partial charge in [0.25, 0.3) is 0 Å². The maximum absolute atomic E-state index is 12.0. The average Bonchev–Trinajstić information content (AvgIpc) is 2.62. The largest absolute Gasteiger partial charge is 0.373 e. The summed E-state index contributed by atoms with van der Waals surface area (Å²) in [4.78, 5) is 16.1. The molecule has 0 aliphatic heterocycles. The van der Waals surface area contributed by atoms with Crippen LogP contribution in [-0.2, 0) is 17.9 Å². The van der Waals surface area contributed by atoms with Gasteiger partial charge < -0.3 is 15.4 Å². The summed E-state index contributed by atoms with van der Waals surface area (Å²) in [7, 11) is 0. The number of hydrogen-bond acceptors (Lipinski definition) is 3. The molecule has 27 heavy (non-hydrogen) atoms. The van der Waals surface area contributed by atoms with Gasteiger partial charge in [0.1, 0.15) is 0 Å². The van der Waals surface area contributed by atoms with Crippen molar-refractivity contribution < 1.29 is 9.53 Å². The van der Waals surface area contributed by atoms with Gasteiger partial charge in [-0.3, -0.25) is 4.98 Å². The number of pyridine rings is 1. The van der Waals surface area contributed by atoms with Crippen molar-refractivity contribution in [1.29, 1.82) is 0 Å². The Kier molecular flexibility index (Phi) is 5.32. The normalized spacial score (nSPS) is 26.1. The van der Waals surface area contributed by atoms with Crippen molar-refractivity contribution in [3.63, 3.8) is 0 Å². The van der Waals surface area contributed by atoms with Crippen LogP contribution in [0, 0.1) is 5.41 Å². The summed E-state index contributed by atoms with van der Waals surface area (Å²) >= 11 is 5.87. The molecule has 1 aromatic carbocycles. The van der Waals surface area contributed by atoms with Gasteiger partial charge in [-0.2, -0.15) is 0 Å². The number of nitrogens with one attached hydrogen (secondary N) is 2. The molecule has 5 nitrogen and oxygen atoms in total. The first-order chi connectivity index (χ1) is 13.1. The predicted molar refractivity (Wildman–Crippen MR) is 104 cm³/mol. The Labute approximate surface area is 164 Å². The third kappa shape index (κ3) is 4.60. The molecule has 2 saturated carbocycles. The number of benzene rings is 1. The van der Waals surface area contributed by atoms with E-state index in [2.05, 4.69) is 15.6 Å². The molecule has 2 amide bonds. The third-order valence-electron chi connectivity index (χ3n) is 5.62. The molecule has 142 valence electrons. The van der Waals surface area contributed by atoms with Crippen LogP contribution >= 0.6 is 11.6 Å². The predicted octanol–water partition coefficient (Wildman–Crippen LogP) is 4.06. The lowest BCUT2D eigenvalue weighted by Crippen LogP contribution is -2.59. The lowest BCUT2D eigenvalue weighted by atomic mass is 9.53. The summed E-state index contributed by atoms with van der Waals surface area (Å²) in [5.74, 6) is 0. The smallest absolute Gasteiger partial charge is 0.315 e. The number of rotatable bonds is 6. The molecule has 2 aliphatic carbocycles. The second-order valence-electron chi connectivity index (χ2n) is 7.76. The fourth-order valence-electron chi connectivity index (χ4n) is 4.16. The van der Waals surface area contributed by atoms with Gasteiger partial charge in [0.2, 0.25) is 0 Å². The number of amides is 2. The lowest BCUT2D eigenvalue weighted by Gasteiger charge is -2.57. The van der Waals surface area contributed by atoms with Gasteiger partial charge in [0.05, 0.1) is 12.7 Å². The Bertz CT molecular complexity index is 768. The summed E-state index contributed by atoms with van der Waals surface area (Å²) < 4.78 is 5.97. The van der Waals surface area contributed by atoms with Gasteiger partial charge in [-0.15, -0.1) is 0 Å². The summed E-state index contributed by atoms with van der Waals surface area (Å²) in [5, 5.41) is 6.68. The van der Waals surface area contributed by atoms with Gasteiger partial charge in [-0.25, -0.2) is 4.79 Å². The van der Waals surface area contributed by atoms with Crippen molar-refractivity contribution in [2.24, 2.45) is 5.41 Å². The molecule has 1 spiro atoms. The summed E-state index contributed by atoms with van der Waals surface area (Å²) in [6, 6.07) is 11.6. The molecular formula is C21H24ClN3O2.